The molecule has 0 saturated heterocycles. The van der Waals surface area contributed by atoms with Gasteiger partial charge in [-0.05, 0) is 31.2 Å². The molecule has 0 heterocycles. The van der Waals surface area contributed by atoms with E-state index in [-0.39, 0.29) is 24.8 Å². The zero-order chi connectivity index (χ0) is 16.8. The average Bonchev–Trinajstić information content (AvgIpc) is 2.47. The molecule has 138 valence electrons. The number of amides is 1. The van der Waals surface area contributed by atoms with Crippen LogP contribution in [-0.2, 0) is 11.3 Å². The van der Waals surface area contributed by atoms with Crippen molar-refractivity contribution in [2.45, 2.75) is 13.5 Å². The van der Waals surface area contributed by atoms with E-state index in [0.29, 0.717) is 28.9 Å². The molecule has 2 rings (SSSR count). The minimum Gasteiger partial charge on any atom is -1.00 e. The Bertz CT molecular complexity index is 694. The maximum Gasteiger partial charge on any atom is 0.411 e. The van der Waals surface area contributed by atoms with Gasteiger partial charge in [0.25, 0.3) is 0 Å². The third-order valence-electron chi connectivity index (χ3n) is 3.14. The molecular weight excluding hydrogens is 408 g/mol. The predicted octanol–water partition coefficient (Wildman–Crippen LogP) is -3.16. The standard InChI is InChI=1S/C16H17Cl2N3O2.2ClH/c1-2-23-16(22)21-15-4-3-13(8-14(15)19)20-9-10-5-11(17)7-12(18)6-10;;/h3-8,20H,2,9,19H2,1H3,(H,21,22);2*1H. The van der Waals surface area contributed by atoms with Crippen LogP contribution in [0.15, 0.2) is 36.4 Å². The van der Waals surface area contributed by atoms with Crippen LogP contribution >= 0.6 is 23.2 Å². The molecular formula is C16H19Cl4N3O2. The Morgan fingerprint density at radius 2 is 1.80 bits per heavy atom. The van der Waals surface area contributed by atoms with Crippen molar-refractivity contribution in [1.29, 1.82) is 0 Å². The Labute approximate surface area is 169 Å². The van der Waals surface area contributed by atoms with E-state index in [1.54, 1.807) is 19.1 Å². The summed E-state index contributed by atoms with van der Waals surface area (Å²) in [5.41, 5.74) is 7.32. The van der Waals surface area contributed by atoms with Crippen molar-refractivity contribution < 1.29 is 45.4 Å². The van der Waals surface area contributed by atoms with Crippen LogP contribution < -0.4 is 41.2 Å². The second kappa shape index (κ2) is 11.4. The van der Waals surface area contributed by atoms with Crippen LogP contribution in [0.1, 0.15) is 12.5 Å². The van der Waals surface area contributed by atoms with Gasteiger partial charge in [0.1, 0.15) is 17.9 Å². The lowest BCUT2D eigenvalue weighted by molar-refractivity contribution is -0.588. The summed E-state index contributed by atoms with van der Waals surface area (Å²) in [7, 11) is 0. The topological polar surface area (TPSA) is 82.6 Å². The lowest BCUT2D eigenvalue weighted by Gasteiger charge is -2.07. The number of quaternary nitrogens is 2. The molecule has 0 spiro atoms. The van der Waals surface area contributed by atoms with Crippen molar-refractivity contribution in [2.75, 3.05) is 11.9 Å². The molecule has 2 aromatic carbocycles. The smallest absolute Gasteiger partial charge is 0.411 e. The lowest BCUT2D eigenvalue weighted by Crippen LogP contribution is -3.00. The first kappa shape index (κ1) is 23.8. The van der Waals surface area contributed by atoms with Crippen molar-refractivity contribution in [3.63, 3.8) is 0 Å². The van der Waals surface area contributed by atoms with Gasteiger partial charge in [-0.2, -0.15) is 0 Å². The number of rotatable bonds is 5. The van der Waals surface area contributed by atoms with Gasteiger partial charge in [0.05, 0.1) is 12.7 Å². The van der Waals surface area contributed by atoms with E-state index < -0.39 is 6.09 Å². The predicted molar refractivity (Wildman–Crippen MR) is 91.4 cm³/mol. The molecule has 0 saturated carbocycles. The highest BCUT2D eigenvalue weighted by Crippen LogP contribution is 2.20. The third-order valence-corrected chi connectivity index (χ3v) is 3.57. The van der Waals surface area contributed by atoms with E-state index in [1.807, 2.05) is 29.6 Å². The lowest BCUT2D eigenvalue weighted by atomic mass is 10.2. The van der Waals surface area contributed by atoms with Crippen LogP contribution in [0.5, 0.6) is 0 Å². The molecule has 0 aliphatic heterocycles. The fourth-order valence-electron chi connectivity index (χ4n) is 2.10. The second-order valence-electron chi connectivity index (χ2n) is 4.95. The van der Waals surface area contributed by atoms with Crippen LogP contribution in [-0.4, -0.2) is 12.7 Å². The highest BCUT2D eigenvalue weighted by molar-refractivity contribution is 6.34. The molecule has 25 heavy (non-hydrogen) atoms. The first-order chi connectivity index (χ1) is 11.0. The summed E-state index contributed by atoms with van der Waals surface area (Å²) in [4.78, 5) is 11.4. The summed E-state index contributed by atoms with van der Waals surface area (Å²) >= 11 is 12.0. The van der Waals surface area contributed by atoms with Crippen LogP contribution in [0.25, 0.3) is 0 Å². The summed E-state index contributed by atoms with van der Waals surface area (Å²) in [5.74, 6) is 0. The number of hydrogen-bond acceptors (Lipinski definition) is 2. The van der Waals surface area contributed by atoms with Crippen molar-refractivity contribution in [2.24, 2.45) is 0 Å². The number of nitrogens with one attached hydrogen (secondary N) is 1. The van der Waals surface area contributed by atoms with E-state index >= 15 is 0 Å². The quantitative estimate of drug-likeness (QED) is 0.441. The number of benzene rings is 2. The van der Waals surface area contributed by atoms with E-state index in [1.165, 1.54) is 0 Å². The summed E-state index contributed by atoms with van der Waals surface area (Å²) in [5, 5.41) is 5.94. The fraction of sp³-hybridized carbons (Fsp3) is 0.188. The van der Waals surface area contributed by atoms with Crippen LogP contribution in [0.3, 0.4) is 0 Å². The van der Waals surface area contributed by atoms with E-state index in [9.17, 15) is 4.79 Å². The van der Waals surface area contributed by atoms with Gasteiger partial charge in [-0.1, -0.05) is 23.2 Å². The second-order valence-corrected chi connectivity index (χ2v) is 5.82. The van der Waals surface area contributed by atoms with E-state index in [4.69, 9.17) is 27.9 Å². The van der Waals surface area contributed by atoms with E-state index in [0.717, 1.165) is 16.9 Å². The molecule has 0 aliphatic carbocycles. The Hall–Kier alpha value is -1.21. The monoisotopic (exact) mass is 425 g/mol. The zero-order valence-corrected chi connectivity index (χ0v) is 16.5. The van der Waals surface area contributed by atoms with Crippen LogP contribution in [0, 0.1) is 0 Å². The van der Waals surface area contributed by atoms with Crippen molar-refractivity contribution in [1.82, 2.24) is 0 Å². The van der Waals surface area contributed by atoms with Gasteiger partial charge in [0.2, 0.25) is 0 Å². The number of nitrogens with two attached hydrogens (primary N) is 1. The number of carbonyl (C=O) groups excluding carboxylic acids is 1. The minimum absolute atomic E-state index is 0. The molecule has 0 atom stereocenters. The average molecular weight is 427 g/mol. The molecule has 9 heteroatoms. The number of ether oxygens (including phenoxy) is 1. The Balaban J connectivity index is 0.00000288. The molecule has 6 N–H and O–H groups in total. The summed E-state index contributed by atoms with van der Waals surface area (Å²) in [6, 6.07) is 11.1. The Kier molecular flexibility index (Phi) is 10.9. The van der Waals surface area contributed by atoms with Gasteiger partial charge in [0, 0.05) is 21.7 Å². The normalized spacial score (nSPS) is 9.60. The highest BCUT2D eigenvalue weighted by Gasteiger charge is 2.10. The maximum absolute atomic E-state index is 11.4. The number of hydrogen-bond donors (Lipinski definition) is 3. The molecule has 0 aliphatic rings. The van der Waals surface area contributed by atoms with Crippen molar-refractivity contribution >= 4 is 46.4 Å². The summed E-state index contributed by atoms with van der Waals surface area (Å²) in [6.45, 7) is 2.78. The molecule has 0 aromatic heterocycles. The Morgan fingerprint density at radius 1 is 1.16 bits per heavy atom. The third kappa shape index (κ3) is 7.69. The fourth-order valence-corrected chi connectivity index (χ4v) is 2.68. The summed E-state index contributed by atoms with van der Waals surface area (Å²) in [6.07, 6.45) is -0.484. The SMILES string of the molecule is CCOC(=O)Nc1ccc([NH2+]Cc2cc(Cl)cc(Cl)c2)cc1[NH3+].[Cl-].[Cl-]. The molecule has 2 aromatic rings. The van der Waals surface area contributed by atoms with E-state index in [2.05, 4.69) is 11.1 Å². The first-order valence-electron chi connectivity index (χ1n) is 7.16. The molecule has 0 radical (unpaired) electrons. The van der Waals surface area contributed by atoms with Gasteiger partial charge in [-0.25, -0.2) is 4.79 Å². The number of anilines is 1. The van der Waals surface area contributed by atoms with Crippen molar-refractivity contribution in [3.8, 4) is 0 Å². The molecule has 0 unspecified atom stereocenters. The van der Waals surface area contributed by atoms with Crippen LogP contribution in [0.4, 0.5) is 21.9 Å². The first-order valence-corrected chi connectivity index (χ1v) is 7.91. The highest BCUT2D eigenvalue weighted by atomic mass is 35.5. The molecule has 1 amide bonds. The van der Waals surface area contributed by atoms with Gasteiger partial charge >= 0.3 is 6.09 Å². The molecule has 0 bridgehead atoms. The zero-order valence-electron chi connectivity index (χ0n) is 13.5. The van der Waals surface area contributed by atoms with Gasteiger partial charge in [-0.3, -0.25) is 5.32 Å². The largest absolute Gasteiger partial charge is 1.00 e. The molecule has 5 nitrogen and oxygen atoms in total. The van der Waals surface area contributed by atoms with Gasteiger partial charge < -0.3 is 40.6 Å². The Morgan fingerprint density at radius 3 is 2.36 bits per heavy atom. The van der Waals surface area contributed by atoms with Crippen LogP contribution in [0.2, 0.25) is 10.0 Å². The van der Waals surface area contributed by atoms with Gasteiger partial charge in [0.15, 0.2) is 5.69 Å². The van der Waals surface area contributed by atoms with Crippen molar-refractivity contribution in [3.05, 3.63) is 52.0 Å². The number of halogens is 4. The number of carbonyl (C=O) groups is 1. The maximum atomic E-state index is 11.4. The molecule has 0 fully saturated rings. The minimum atomic E-state index is -0.484. The summed E-state index contributed by atoms with van der Waals surface area (Å²) < 4.78 is 4.85. The van der Waals surface area contributed by atoms with Gasteiger partial charge in [-0.15, -0.1) is 0 Å².